The monoisotopic (exact) mass is 491 g/mol. The number of thiophene rings is 1. The Kier molecular flexibility index (Phi) is 5.99. The number of amides is 1. The lowest BCUT2D eigenvalue weighted by atomic mass is 9.98. The fourth-order valence-corrected chi connectivity index (χ4v) is 5.35. The van der Waals surface area contributed by atoms with Crippen molar-refractivity contribution in [2.75, 3.05) is 12.0 Å². The van der Waals surface area contributed by atoms with Crippen LogP contribution in [-0.4, -0.2) is 23.9 Å². The van der Waals surface area contributed by atoms with Crippen LogP contribution in [0.25, 0.3) is 5.76 Å². The quantitative estimate of drug-likeness (QED) is 0.270. The van der Waals surface area contributed by atoms with Crippen molar-refractivity contribution >= 4 is 57.7 Å². The molecular weight excluding hydrogens is 476 g/mol. The molecule has 1 fully saturated rings. The minimum absolute atomic E-state index is 0.129. The minimum atomic E-state index is -0.948. The normalized spacial score (nSPS) is 17.8. The number of Topliss-reactive ketones (excluding diaryl/α,β-unsaturated/α-hetero) is 1. The first-order valence-electron chi connectivity index (χ1n) is 9.38. The molecule has 1 amide bonds. The molecule has 0 saturated carbocycles. The molecule has 1 saturated heterocycles. The zero-order valence-electron chi connectivity index (χ0n) is 16.9. The van der Waals surface area contributed by atoms with Crippen molar-refractivity contribution in [3.8, 4) is 5.75 Å². The molecule has 2 aromatic carbocycles. The topological polar surface area (TPSA) is 66.8 Å². The maximum atomic E-state index is 14.0. The lowest BCUT2D eigenvalue weighted by molar-refractivity contribution is -0.132. The van der Waals surface area contributed by atoms with Crippen LogP contribution in [0.3, 0.4) is 0 Å². The Morgan fingerprint density at radius 2 is 1.84 bits per heavy atom. The third-order valence-electron chi connectivity index (χ3n) is 5.16. The molecule has 5 nitrogen and oxygen atoms in total. The Morgan fingerprint density at radius 1 is 1.16 bits per heavy atom. The molecule has 32 heavy (non-hydrogen) atoms. The number of ketones is 1. The highest BCUT2D eigenvalue weighted by atomic mass is 35.5. The van der Waals surface area contributed by atoms with Gasteiger partial charge < -0.3 is 9.84 Å². The van der Waals surface area contributed by atoms with Crippen molar-refractivity contribution in [1.82, 2.24) is 0 Å². The molecule has 9 heteroatoms. The highest BCUT2D eigenvalue weighted by Gasteiger charge is 2.48. The van der Waals surface area contributed by atoms with Crippen molar-refractivity contribution < 1.29 is 23.8 Å². The van der Waals surface area contributed by atoms with Gasteiger partial charge in [0.25, 0.3) is 11.7 Å². The van der Waals surface area contributed by atoms with E-state index in [9.17, 15) is 19.1 Å². The van der Waals surface area contributed by atoms with E-state index in [0.717, 1.165) is 5.56 Å². The number of nitrogens with zero attached hydrogens (tertiary/aromatic N) is 1. The maximum Gasteiger partial charge on any atom is 0.300 e. The van der Waals surface area contributed by atoms with Gasteiger partial charge in [0.2, 0.25) is 0 Å². The highest BCUT2D eigenvalue weighted by molar-refractivity contribution is 7.10. The summed E-state index contributed by atoms with van der Waals surface area (Å²) in [6.45, 7) is 1.83. The molecule has 1 N–H and O–H groups in total. The minimum Gasteiger partial charge on any atom is -0.507 e. The molecule has 2 heterocycles. The average molecular weight is 492 g/mol. The van der Waals surface area contributed by atoms with Gasteiger partial charge in [0.1, 0.15) is 17.6 Å². The number of hydrogen-bond acceptors (Lipinski definition) is 5. The summed E-state index contributed by atoms with van der Waals surface area (Å²) in [6, 6.07) is 9.08. The molecule has 4 rings (SSSR count). The molecule has 1 atom stereocenters. The molecule has 0 spiro atoms. The second-order valence-corrected chi connectivity index (χ2v) is 8.85. The molecule has 0 aliphatic carbocycles. The summed E-state index contributed by atoms with van der Waals surface area (Å²) >= 11 is 13.7. The van der Waals surface area contributed by atoms with E-state index in [1.54, 1.807) is 0 Å². The summed E-state index contributed by atoms with van der Waals surface area (Å²) in [7, 11) is 1.40. The maximum absolute atomic E-state index is 14.0. The number of halogens is 3. The van der Waals surface area contributed by atoms with Crippen LogP contribution in [0.15, 0.2) is 53.4 Å². The van der Waals surface area contributed by atoms with E-state index in [-0.39, 0.29) is 32.6 Å². The number of hydrogen-bond donors (Lipinski definition) is 1. The number of methoxy groups -OCH3 is 1. The van der Waals surface area contributed by atoms with Crippen LogP contribution in [0.4, 0.5) is 10.1 Å². The lowest BCUT2D eigenvalue weighted by Gasteiger charge is -2.25. The van der Waals surface area contributed by atoms with Crippen LogP contribution in [0.5, 0.6) is 5.75 Å². The number of anilines is 1. The van der Waals surface area contributed by atoms with E-state index in [1.165, 1.54) is 59.7 Å². The number of aliphatic hydroxyl groups excluding tert-OH is 1. The van der Waals surface area contributed by atoms with Gasteiger partial charge in [-0.2, -0.15) is 0 Å². The Labute approximate surface area is 197 Å². The third kappa shape index (κ3) is 3.66. The molecule has 0 radical (unpaired) electrons. The fraction of sp³-hybridized carbons (Fsp3) is 0.130. The molecule has 1 aromatic heterocycles. The lowest BCUT2D eigenvalue weighted by Crippen LogP contribution is -2.29. The Morgan fingerprint density at radius 3 is 2.41 bits per heavy atom. The van der Waals surface area contributed by atoms with Gasteiger partial charge in [0, 0.05) is 16.1 Å². The summed E-state index contributed by atoms with van der Waals surface area (Å²) in [5.74, 6) is -2.55. The SMILES string of the molecule is COc1c(Cl)cc(/C(O)=C2/C(=O)C(=O)N(c3cccc(F)c3)C2c2sccc2C)cc1Cl. The van der Waals surface area contributed by atoms with Crippen molar-refractivity contribution in [3.63, 3.8) is 0 Å². The number of aryl methyl sites for hydroxylation is 1. The van der Waals surface area contributed by atoms with Crippen LogP contribution >= 0.6 is 34.5 Å². The van der Waals surface area contributed by atoms with E-state index in [2.05, 4.69) is 0 Å². The predicted octanol–water partition coefficient (Wildman–Crippen LogP) is 6.14. The van der Waals surface area contributed by atoms with E-state index in [1.807, 2.05) is 18.4 Å². The molecule has 0 bridgehead atoms. The summed E-state index contributed by atoms with van der Waals surface area (Å²) < 4.78 is 19.1. The number of rotatable bonds is 4. The van der Waals surface area contributed by atoms with Crippen LogP contribution in [0, 0.1) is 12.7 Å². The van der Waals surface area contributed by atoms with Gasteiger partial charge >= 0.3 is 0 Å². The van der Waals surface area contributed by atoms with Gasteiger partial charge in [-0.1, -0.05) is 29.3 Å². The number of aliphatic hydroxyl groups is 1. The molecule has 1 aliphatic heterocycles. The zero-order valence-corrected chi connectivity index (χ0v) is 19.2. The van der Waals surface area contributed by atoms with Crippen molar-refractivity contribution in [1.29, 1.82) is 0 Å². The smallest absolute Gasteiger partial charge is 0.300 e. The van der Waals surface area contributed by atoms with Gasteiger partial charge in [-0.3, -0.25) is 14.5 Å². The van der Waals surface area contributed by atoms with Crippen molar-refractivity contribution in [2.24, 2.45) is 0 Å². The van der Waals surface area contributed by atoms with Crippen molar-refractivity contribution in [3.05, 3.63) is 85.3 Å². The standard InChI is InChI=1S/C23H16Cl2FNO4S/c1-11-6-7-32-22(11)18-17(19(28)12-8-15(24)21(31-2)16(25)9-12)20(29)23(30)27(18)14-5-3-4-13(26)10-14/h3-10,18,28H,1-2H3/b19-17-. The average Bonchev–Trinajstić information content (AvgIpc) is 3.28. The third-order valence-corrected chi connectivity index (χ3v) is 6.79. The summed E-state index contributed by atoms with van der Waals surface area (Å²) in [5.41, 5.74) is 1.04. The summed E-state index contributed by atoms with van der Waals surface area (Å²) in [4.78, 5) is 28.0. The number of ether oxygens (including phenoxy) is 1. The fourth-order valence-electron chi connectivity index (χ4n) is 3.68. The zero-order chi connectivity index (χ0) is 23.2. The molecule has 1 aliphatic rings. The van der Waals surface area contributed by atoms with E-state index < -0.39 is 29.3 Å². The predicted molar refractivity (Wildman–Crippen MR) is 123 cm³/mol. The van der Waals surface area contributed by atoms with Gasteiger partial charge in [-0.15, -0.1) is 11.3 Å². The molecule has 3 aromatic rings. The Bertz CT molecular complexity index is 1260. The Hall–Kier alpha value is -2.87. The van der Waals surface area contributed by atoms with Gasteiger partial charge in [-0.25, -0.2) is 4.39 Å². The highest BCUT2D eigenvalue weighted by Crippen LogP contribution is 2.46. The number of carbonyl (C=O) groups is 2. The summed E-state index contributed by atoms with van der Waals surface area (Å²) in [6.07, 6.45) is 0. The van der Waals surface area contributed by atoms with Crippen molar-refractivity contribution in [2.45, 2.75) is 13.0 Å². The van der Waals surface area contributed by atoms with Crippen LogP contribution < -0.4 is 9.64 Å². The largest absolute Gasteiger partial charge is 0.507 e. The van der Waals surface area contributed by atoms with E-state index in [0.29, 0.717) is 4.88 Å². The van der Waals surface area contributed by atoms with Crippen LogP contribution in [-0.2, 0) is 9.59 Å². The second-order valence-electron chi connectivity index (χ2n) is 7.09. The first kappa shape index (κ1) is 22.3. The van der Waals surface area contributed by atoms with Crippen LogP contribution in [0.2, 0.25) is 10.0 Å². The van der Waals surface area contributed by atoms with Gasteiger partial charge in [0.05, 0.1) is 22.7 Å². The van der Waals surface area contributed by atoms with Gasteiger partial charge in [0.15, 0.2) is 5.75 Å². The first-order valence-corrected chi connectivity index (χ1v) is 11.0. The number of benzene rings is 2. The Balaban J connectivity index is 1.97. The molecular formula is C23H16Cl2FNO4S. The number of carbonyl (C=O) groups excluding carboxylic acids is 2. The second kappa shape index (κ2) is 8.58. The van der Waals surface area contributed by atoms with Gasteiger partial charge in [-0.05, 0) is 54.3 Å². The van der Waals surface area contributed by atoms with Crippen LogP contribution in [0.1, 0.15) is 22.0 Å². The van der Waals surface area contributed by atoms with E-state index >= 15 is 0 Å². The molecule has 164 valence electrons. The molecule has 1 unspecified atom stereocenters. The summed E-state index contributed by atoms with van der Waals surface area (Å²) in [5, 5.41) is 13.2. The van der Waals surface area contributed by atoms with E-state index in [4.69, 9.17) is 27.9 Å². The first-order chi connectivity index (χ1) is 15.2.